The number of furan rings is 2. The van der Waals surface area contributed by atoms with Crippen LogP contribution in [0.5, 0.6) is 0 Å². The van der Waals surface area contributed by atoms with Crippen molar-refractivity contribution >= 4 is 153 Å². The first-order valence-corrected chi connectivity index (χ1v) is 44.9. The maximum Gasteiger partial charge on any atom is 0.164 e. The molecule has 28 rings (SSSR count). The molecule has 0 fully saturated rings. The first-order chi connectivity index (χ1) is 65.9. The highest BCUT2D eigenvalue weighted by atomic mass is 16.3. The molecule has 0 radical (unpaired) electrons. The molecule has 0 aliphatic rings. The molecule has 28 aromatic rings. The van der Waals surface area contributed by atoms with Gasteiger partial charge < -0.3 is 31.7 Å². The van der Waals surface area contributed by atoms with Crippen LogP contribution in [0.25, 0.3) is 272 Å². The number of nitrogens with zero attached hydrogens (tertiary/aromatic N) is 11. The van der Waals surface area contributed by atoms with Crippen molar-refractivity contribution in [2.24, 2.45) is 0 Å². The van der Waals surface area contributed by atoms with Crippen molar-refractivity contribution in [1.82, 2.24) is 52.7 Å². The van der Waals surface area contributed by atoms with E-state index in [4.69, 9.17) is 38.7 Å². The molecule has 0 aliphatic carbocycles. The highest BCUT2D eigenvalue weighted by molar-refractivity contribution is 6.31. The van der Waals surface area contributed by atoms with Crippen LogP contribution in [-0.4, -0.2) is 52.7 Å². The first-order valence-electron chi connectivity index (χ1n) is 44.9. The van der Waals surface area contributed by atoms with E-state index in [1.807, 2.05) is 78.9 Å². The summed E-state index contributed by atoms with van der Waals surface area (Å²) in [5, 5.41) is 15.3. The monoisotopic (exact) mass is 1700 g/mol. The fraction of sp³-hybridized carbons (Fsp3) is 0. The van der Waals surface area contributed by atoms with E-state index in [0.717, 1.165) is 226 Å². The molecule has 13 nitrogen and oxygen atoms in total. The zero-order valence-electron chi connectivity index (χ0n) is 71.2. The largest absolute Gasteiger partial charge is 0.455 e. The van der Waals surface area contributed by atoms with Gasteiger partial charge in [-0.3, -0.25) is 0 Å². The minimum Gasteiger partial charge on any atom is -0.455 e. The second kappa shape index (κ2) is 29.2. The number of fused-ring (bicyclic) bond motifs is 25. The molecule has 0 spiro atoms. The van der Waals surface area contributed by atoms with Gasteiger partial charge in [0.15, 0.2) is 34.9 Å². The normalized spacial score (nSPS) is 12.1. The Labute approximate surface area is 759 Å². The summed E-state index contributed by atoms with van der Waals surface area (Å²) in [6.07, 6.45) is 0. The van der Waals surface area contributed by atoms with Crippen molar-refractivity contribution in [3.8, 4) is 119 Å². The zero-order chi connectivity index (χ0) is 87.0. The number of para-hydroxylation sites is 5. The molecule has 9 heterocycles. The van der Waals surface area contributed by atoms with Crippen LogP contribution >= 0.6 is 0 Å². The topological polar surface area (TPSA) is 128 Å². The molecule has 618 valence electrons. The third kappa shape index (κ3) is 11.5. The lowest BCUT2D eigenvalue weighted by Gasteiger charge is -2.12. The molecular weight excluding hydrogens is 1630 g/mol. The molecular formula is C120H71N11O2. The van der Waals surface area contributed by atoms with Crippen molar-refractivity contribution in [3.05, 3.63) is 431 Å². The van der Waals surface area contributed by atoms with Crippen LogP contribution in [0.4, 0.5) is 0 Å². The van der Waals surface area contributed by atoms with Gasteiger partial charge >= 0.3 is 0 Å². The van der Waals surface area contributed by atoms with Crippen molar-refractivity contribution in [2.45, 2.75) is 0 Å². The summed E-state index contributed by atoms with van der Waals surface area (Å²) in [6, 6.07) is 153. The summed E-state index contributed by atoms with van der Waals surface area (Å²) < 4.78 is 27.0. The lowest BCUT2D eigenvalue weighted by atomic mass is 10.0. The Bertz CT molecular complexity index is 9560. The van der Waals surface area contributed by atoms with E-state index >= 15 is 0 Å². The Kier molecular flexibility index (Phi) is 16.2. The molecule has 0 bridgehead atoms. The standard InChI is InChI=1S/C120H71N11O2/c1-6-25-72(26-7-1)81-53-63-101-95(70-81)109-106(68-62-91-89-59-65-103-107(111(89)132-113(91)109)93-39-18-22-43-99(93)128(103)83-54-49-78(50-55-83)119-123-115(74-27-8-2-9-28-74)121-116(124-119)75-29-10-3-11-30-75)131(101)85-36-24-33-80(69-85)73-45-47-77(48-46-73)118-122-117(76-31-12-4-13-32-76)125-120(126-118)79-51-56-84(57-52-79)129-100-44-23-19-40-94(100)108-104(129)66-60-90-92-61-67-105-110(114(92)133-112(90)108)96-71-86(58-64-102(96)127(105)82-34-14-5-15-35-82)130-97-41-20-16-37-87(97)88-38-17-21-42-98(88)130/h1-71H. The Balaban J connectivity index is 0.524. The van der Waals surface area contributed by atoms with Crippen LogP contribution in [0.3, 0.4) is 0 Å². The fourth-order valence-electron chi connectivity index (χ4n) is 21.0. The molecule has 13 heteroatoms. The molecule has 0 aliphatic heterocycles. The third-order valence-corrected chi connectivity index (χ3v) is 27.0. The van der Waals surface area contributed by atoms with Gasteiger partial charge in [-0.15, -0.1) is 0 Å². The molecule has 0 saturated heterocycles. The second-order valence-electron chi connectivity index (χ2n) is 34.4. The SMILES string of the molecule is c1ccc(-c2ccc3c(c2)c2c4oc5c(ccc6c5c5ccccc5n6-c5ccc(-c6nc(-c7ccccc7)nc(-c7ccccc7)n6)cc5)c4ccc2n3-c2cccc(-c3ccc(-c4nc(-c5ccccc5)nc(-c5ccc(-n6c7ccccc7c7c8oc9c(ccc%10c9c9cc(-n%11c%12ccccc%12c%12ccccc%12%11)ccc9n%10-c9ccccc9)c8ccc76)cc5)n4)cc3)c2)cc1. The van der Waals surface area contributed by atoms with Gasteiger partial charge in [-0.25, -0.2) is 29.9 Å². The quantitative estimate of drug-likeness (QED) is 0.112. The molecule has 0 atom stereocenters. The summed E-state index contributed by atoms with van der Waals surface area (Å²) in [5.74, 6) is 3.56. The predicted molar refractivity (Wildman–Crippen MR) is 543 cm³/mol. The molecule has 0 unspecified atom stereocenters. The van der Waals surface area contributed by atoms with Crippen LogP contribution in [0, 0.1) is 0 Å². The van der Waals surface area contributed by atoms with Crippen molar-refractivity contribution in [3.63, 3.8) is 0 Å². The lowest BCUT2D eigenvalue weighted by Crippen LogP contribution is -2.00. The van der Waals surface area contributed by atoms with E-state index in [2.05, 4.69) is 375 Å². The second-order valence-corrected chi connectivity index (χ2v) is 34.4. The van der Waals surface area contributed by atoms with Gasteiger partial charge in [-0.1, -0.05) is 255 Å². The van der Waals surface area contributed by atoms with E-state index in [1.54, 1.807) is 0 Å². The molecule has 0 amide bonds. The average molecular weight is 1700 g/mol. The summed E-state index contributed by atoms with van der Waals surface area (Å²) in [6.45, 7) is 0. The van der Waals surface area contributed by atoms with Crippen LogP contribution < -0.4 is 0 Å². The number of hydrogen-bond donors (Lipinski definition) is 0. The number of benzene rings is 19. The van der Waals surface area contributed by atoms with Gasteiger partial charge in [0.05, 0.1) is 76.7 Å². The van der Waals surface area contributed by atoms with Gasteiger partial charge in [0.1, 0.15) is 22.3 Å². The number of rotatable bonds is 13. The molecule has 19 aromatic carbocycles. The maximum atomic E-state index is 7.56. The fourth-order valence-corrected chi connectivity index (χ4v) is 21.0. The minimum absolute atomic E-state index is 0.566. The zero-order valence-corrected chi connectivity index (χ0v) is 71.2. The maximum absolute atomic E-state index is 7.56. The van der Waals surface area contributed by atoms with E-state index in [0.29, 0.717) is 34.9 Å². The highest BCUT2D eigenvalue weighted by Crippen LogP contribution is 2.50. The van der Waals surface area contributed by atoms with E-state index in [1.165, 1.54) is 10.8 Å². The number of aromatic nitrogens is 11. The third-order valence-electron chi connectivity index (χ3n) is 27.0. The minimum atomic E-state index is 0.566. The van der Waals surface area contributed by atoms with Gasteiger partial charge in [0.25, 0.3) is 0 Å². The predicted octanol–water partition coefficient (Wildman–Crippen LogP) is 30.7. The molecule has 9 aromatic heterocycles. The van der Waals surface area contributed by atoms with E-state index in [-0.39, 0.29) is 0 Å². The van der Waals surface area contributed by atoms with Crippen molar-refractivity contribution < 1.29 is 8.83 Å². The number of hydrogen-bond acceptors (Lipinski definition) is 8. The Morgan fingerprint density at radius 2 is 0.368 bits per heavy atom. The molecule has 0 N–H and O–H groups in total. The van der Waals surface area contributed by atoms with Gasteiger partial charge in [0, 0.05) is 116 Å². The lowest BCUT2D eigenvalue weighted by molar-refractivity contribution is 0.676. The highest BCUT2D eigenvalue weighted by Gasteiger charge is 2.29. The first kappa shape index (κ1) is 73.9. The van der Waals surface area contributed by atoms with Gasteiger partial charge in [-0.05, 0) is 198 Å². The average Bonchev–Trinajstić information content (AvgIpc) is 1.54. The van der Waals surface area contributed by atoms with Crippen LogP contribution in [0.1, 0.15) is 0 Å². The Morgan fingerprint density at radius 1 is 0.135 bits per heavy atom. The van der Waals surface area contributed by atoms with E-state index < -0.39 is 0 Å². The van der Waals surface area contributed by atoms with Crippen LogP contribution in [-0.2, 0) is 0 Å². The summed E-state index contributed by atoms with van der Waals surface area (Å²) in [4.78, 5) is 30.9. The summed E-state index contributed by atoms with van der Waals surface area (Å²) >= 11 is 0. The van der Waals surface area contributed by atoms with Gasteiger partial charge in [0.2, 0.25) is 0 Å². The summed E-state index contributed by atoms with van der Waals surface area (Å²) in [7, 11) is 0. The molecule has 0 saturated carbocycles. The van der Waals surface area contributed by atoms with Crippen LogP contribution in [0.2, 0.25) is 0 Å². The van der Waals surface area contributed by atoms with Gasteiger partial charge in [-0.2, -0.15) is 0 Å². The Morgan fingerprint density at radius 3 is 0.782 bits per heavy atom. The Hall–Kier alpha value is -18.2. The molecule has 133 heavy (non-hydrogen) atoms. The van der Waals surface area contributed by atoms with E-state index in [9.17, 15) is 0 Å². The van der Waals surface area contributed by atoms with Crippen molar-refractivity contribution in [1.29, 1.82) is 0 Å². The van der Waals surface area contributed by atoms with Crippen molar-refractivity contribution in [2.75, 3.05) is 0 Å². The van der Waals surface area contributed by atoms with Crippen LogP contribution in [0.15, 0.2) is 440 Å². The summed E-state index contributed by atoms with van der Waals surface area (Å²) in [5.41, 5.74) is 29.1. The smallest absolute Gasteiger partial charge is 0.164 e.